The van der Waals surface area contributed by atoms with Gasteiger partial charge in [-0.2, -0.15) is 0 Å². The molecule has 5 heteroatoms. The molecule has 0 unspecified atom stereocenters. The van der Waals surface area contributed by atoms with Crippen LogP contribution in [0.3, 0.4) is 0 Å². The minimum absolute atomic E-state index is 0.603. The van der Waals surface area contributed by atoms with E-state index in [9.17, 15) is 0 Å². The van der Waals surface area contributed by atoms with Crippen molar-refractivity contribution < 1.29 is 0 Å². The van der Waals surface area contributed by atoms with E-state index in [0.29, 0.717) is 16.1 Å². The van der Waals surface area contributed by atoms with Gasteiger partial charge in [-0.3, -0.25) is 0 Å². The third-order valence-electron chi connectivity index (χ3n) is 3.96. The van der Waals surface area contributed by atoms with E-state index < -0.39 is 0 Å². The molecule has 0 bridgehead atoms. The summed E-state index contributed by atoms with van der Waals surface area (Å²) in [5, 5.41) is 4.69. The fourth-order valence-corrected chi connectivity index (χ4v) is 3.24. The normalized spacial score (nSPS) is 20.5. The first-order valence-corrected chi connectivity index (χ1v) is 7.78. The average Bonchev–Trinajstić information content (AvgIpc) is 3.22. The lowest BCUT2D eigenvalue weighted by atomic mass is 9.97. The van der Waals surface area contributed by atoms with Crippen LogP contribution in [0.2, 0.25) is 10.0 Å². The first-order valence-electron chi connectivity index (χ1n) is 7.02. The quantitative estimate of drug-likeness (QED) is 0.924. The Hall–Kier alpha value is -0.510. The first kappa shape index (κ1) is 13.5. The van der Waals surface area contributed by atoms with Crippen molar-refractivity contribution in [2.24, 2.45) is 5.92 Å². The zero-order valence-corrected chi connectivity index (χ0v) is 12.4. The zero-order chi connectivity index (χ0) is 13.2. The summed E-state index contributed by atoms with van der Waals surface area (Å²) < 4.78 is 0. The van der Waals surface area contributed by atoms with Crippen LogP contribution < -0.4 is 10.2 Å². The Kier molecular flexibility index (Phi) is 4.15. The van der Waals surface area contributed by atoms with E-state index in [1.165, 1.54) is 25.7 Å². The highest BCUT2D eigenvalue weighted by Crippen LogP contribution is 2.36. The van der Waals surface area contributed by atoms with Gasteiger partial charge in [-0.05, 0) is 50.8 Å². The lowest BCUT2D eigenvalue weighted by Gasteiger charge is -2.31. The Labute approximate surface area is 124 Å². The van der Waals surface area contributed by atoms with Crippen molar-refractivity contribution in [3.05, 3.63) is 22.3 Å². The molecule has 1 saturated heterocycles. The Bertz CT molecular complexity index is 442. The number of rotatable bonds is 4. The van der Waals surface area contributed by atoms with Gasteiger partial charge in [0.1, 0.15) is 5.82 Å². The predicted octanol–water partition coefficient (Wildman–Crippen LogP) is 3.36. The highest BCUT2D eigenvalue weighted by atomic mass is 35.5. The van der Waals surface area contributed by atoms with Crippen molar-refractivity contribution in [3.63, 3.8) is 0 Å². The highest BCUT2D eigenvalue weighted by molar-refractivity contribution is 6.36. The molecule has 1 saturated carbocycles. The highest BCUT2D eigenvalue weighted by Gasteiger charge is 2.33. The van der Waals surface area contributed by atoms with Gasteiger partial charge in [-0.15, -0.1) is 0 Å². The van der Waals surface area contributed by atoms with Gasteiger partial charge in [0.15, 0.2) is 0 Å². The number of piperidine rings is 1. The summed E-state index contributed by atoms with van der Waals surface area (Å²) in [4.78, 5) is 6.85. The zero-order valence-electron chi connectivity index (χ0n) is 10.9. The van der Waals surface area contributed by atoms with Crippen LogP contribution in [-0.4, -0.2) is 30.7 Å². The molecule has 1 N–H and O–H groups in total. The molecule has 0 spiro atoms. The molecule has 0 radical (unpaired) electrons. The Morgan fingerprint density at radius 2 is 1.95 bits per heavy atom. The standard InChI is InChI=1S/C14H19Cl2N3/c15-11-7-13(16)14(18-8-11)19(12-1-2-12)9-10-3-5-17-6-4-10/h7-8,10,12,17H,1-6,9H2. The molecule has 1 aromatic rings. The van der Waals surface area contributed by atoms with Crippen LogP contribution in [-0.2, 0) is 0 Å². The molecule has 1 aliphatic heterocycles. The van der Waals surface area contributed by atoms with Gasteiger partial charge in [-0.25, -0.2) is 4.98 Å². The molecule has 104 valence electrons. The van der Waals surface area contributed by atoms with E-state index in [4.69, 9.17) is 23.2 Å². The fourth-order valence-electron chi connectivity index (χ4n) is 2.76. The minimum Gasteiger partial charge on any atom is -0.352 e. The second-order valence-corrected chi connectivity index (χ2v) is 6.38. The van der Waals surface area contributed by atoms with Crippen LogP contribution in [0.4, 0.5) is 5.82 Å². The van der Waals surface area contributed by atoms with Crippen LogP contribution in [0.1, 0.15) is 25.7 Å². The van der Waals surface area contributed by atoms with Gasteiger partial charge in [0, 0.05) is 18.8 Å². The number of pyridine rings is 1. The molecule has 3 rings (SSSR count). The van der Waals surface area contributed by atoms with Crippen molar-refractivity contribution in [3.8, 4) is 0 Å². The van der Waals surface area contributed by atoms with Gasteiger partial charge in [-0.1, -0.05) is 23.2 Å². The van der Waals surface area contributed by atoms with Crippen molar-refractivity contribution in [1.29, 1.82) is 0 Å². The maximum absolute atomic E-state index is 6.31. The third kappa shape index (κ3) is 3.33. The van der Waals surface area contributed by atoms with Crippen LogP contribution in [0, 0.1) is 5.92 Å². The van der Waals surface area contributed by atoms with Crippen LogP contribution in [0.5, 0.6) is 0 Å². The molecule has 19 heavy (non-hydrogen) atoms. The van der Waals surface area contributed by atoms with Crippen LogP contribution >= 0.6 is 23.2 Å². The largest absolute Gasteiger partial charge is 0.352 e. The van der Waals surface area contributed by atoms with Crippen molar-refractivity contribution in [2.75, 3.05) is 24.5 Å². The number of hydrogen-bond acceptors (Lipinski definition) is 3. The second-order valence-electron chi connectivity index (χ2n) is 5.54. The monoisotopic (exact) mass is 299 g/mol. The number of hydrogen-bond donors (Lipinski definition) is 1. The Morgan fingerprint density at radius 1 is 1.21 bits per heavy atom. The predicted molar refractivity (Wildman–Crippen MR) is 80.2 cm³/mol. The number of nitrogens with one attached hydrogen (secondary N) is 1. The second kappa shape index (κ2) is 5.86. The summed E-state index contributed by atoms with van der Waals surface area (Å²) in [6.45, 7) is 3.33. The lowest BCUT2D eigenvalue weighted by molar-refractivity contribution is 0.372. The molecule has 3 nitrogen and oxygen atoms in total. The van der Waals surface area contributed by atoms with Gasteiger partial charge in [0.2, 0.25) is 0 Å². The summed E-state index contributed by atoms with van der Waals surface area (Å²) in [5.74, 6) is 1.66. The van der Waals surface area contributed by atoms with Gasteiger partial charge in [0.25, 0.3) is 0 Å². The SMILES string of the molecule is Clc1cnc(N(CC2CCNCC2)C2CC2)c(Cl)c1. The summed E-state index contributed by atoms with van der Waals surface area (Å²) in [7, 11) is 0. The third-order valence-corrected chi connectivity index (χ3v) is 4.45. The van der Waals surface area contributed by atoms with E-state index in [0.717, 1.165) is 31.4 Å². The number of anilines is 1. The molecule has 2 fully saturated rings. The topological polar surface area (TPSA) is 28.2 Å². The summed E-state index contributed by atoms with van der Waals surface area (Å²) >= 11 is 12.2. The number of nitrogens with zero attached hydrogens (tertiary/aromatic N) is 2. The van der Waals surface area contributed by atoms with Crippen molar-refractivity contribution in [1.82, 2.24) is 10.3 Å². The van der Waals surface area contributed by atoms with Crippen LogP contribution in [0.15, 0.2) is 12.3 Å². The van der Waals surface area contributed by atoms with E-state index in [-0.39, 0.29) is 0 Å². The summed E-state index contributed by atoms with van der Waals surface area (Å²) in [6.07, 6.45) is 6.70. The number of aromatic nitrogens is 1. The number of halogens is 2. The molecule has 0 aromatic carbocycles. The minimum atomic E-state index is 0.603. The Morgan fingerprint density at radius 3 is 2.58 bits per heavy atom. The first-order chi connectivity index (χ1) is 9.24. The van der Waals surface area contributed by atoms with Gasteiger partial charge < -0.3 is 10.2 Å². The molecular weight excluding hydrogens is 281 g/mol. The lowest BCUT2D eigenvalue weighted by Crippen LogP contribution is -2.37. The Balaban J connectivity index is 1.76. The summed E-state index contributed by atoms with van der Waals surface area (Å²) in [5.41, 5.74) is 0. The van der Waals surface area contributed by atoms with Gasteiger partial charge in [0.05, 0.1) is 10.0 Å². The van der Waals surface area contributed by atoms with E-state index >= 15 is 0 Å². The molecule has 0 atom stereocenters. The maximum Gasteiger partial charge on any atom is 0.147 e. The van der Waals surface area contributed by atoms with Crippen molar-refractivity contribution >= 4 is 29.0 Å². The van der Waals surface area contributed by atoms with Gasteiger partial charge >= 0.3 is 0 Å². The fraction of sp³-hybridized carbons (Fsp3) is 0.643. The van der Waals surface area contributed by atoms with E-state index in [1.54, 1.807) is 12.3 Å². The molecular formula is C14H19Cl2N3. The van der Waals surface area contributed by atoms with Crippen LogP contribution in [0.25, 0.3) is 0 Å². The molecule has 2 heterocycles. The van der Waals surface area contributed by atoms with E-state index in [1.807, 2.05) is 0 Å². The molecule has 1 aromatic heterocycles. The smallest absolute Gasteiger partial charge is 0.147 e. The summed E-state index contributed by atoms with van der Waals surface area (Å²) in [6, 6.07) is 2.42. The molecule has 1 aliphatic carbocycles. The molecule has 0 amide bonds. The van der Waals surface area contributed by atoms with Crippen molar-refractivity contribution in [2.45, 2.75) is 31.7 Å². The maximum atomic E-state index is 6.31. The average molecular weight is 300 g/mol. The molecule has 2 aliphatic rings. The van der Waals surface area contributed by atoms with E-state index in [2.05, 4.69) is 15.2 Å².